The zero-order valence-electron chi connectivity index (χ0n) is 14.3. The van der Waals surface area contributed by atoms with Crippen molar-refractivity contribution in [3.63, 3.8) is 0 Å². The summed E-state index contributed by atoms with van der Waals surface area (Å²) in [6.45, 7) is -3.11. The molecule has 0 radical (unpaired) electrons. The molecular weight excluding hydrogens is 380 g/mol. The highest BCUT2D eigenvalue weighted by molar-refractivity contribution is 7.91. The van der Waals surface area contributed by atoms with Crippen molar-refractivity contribution in [2.75, 3.05) is 12.9 Å². The zero-order chi connectivity index (χ0) is 19.6. The number of carbonyl (C=O) groups is 1. The van der Waals surface area contributed by atoms with Gasteiger partial charge in [0.05, 0.1) is 29.4 Å². The maximum absolute atomic E-state index is 12.7. The number of halogens is 2. The monoisotopic (exact) mass is 397 g/mol. The summed E-state index contributed by atoms with van der Waals surface area (Å²) >= 11 is 0. The molecule has 1 N–H and O–H groups in total. The molecule has 1 aliphatic heterocycles. The van der Waals surface area contributed by atoms with Crippen LogP contribution in [0.2, 0.25) is 0 Å². The molecule has 2 aromatic carbocycles. The summed E-state index contributed by atoms with van der Waals surface area (Å²) in [5, 5.41) is 2.71. The van der Waals surface area contributed by atoms with Gasteiger partial charge in [0, 0.05) is 6.07 Å². The molecular formula is C18H17F2NO5S. The summed E-state index contributed by atoms with van der Waals surface area (Å²) in [7, 11) is -2.04. The zero-order valence-corrected chi connectivity index (χ0v) is 15.1. The standard InChI is InChI=1S/C18H17F2NO5S/c1-25-11-6-7-13(15(10-11)26-18(19)20)17(22)21-14-8-9-27(23,24)16-5-3-2-4-12(14)16/h2-7,10,14,18H,8-9H2,1H3,(H,21,22). The number of amides is 1. The van der Waals surface area contributed by atoms with Gasteiger partial charge in [-0.15, -0.1) is 0 Å². The second-order valence-corrected chi connectivity index (χ2v) is 7.99. The van der Waals surface area contributed by atoms with Crippen molar-refractivity contribution in [2.45, 2.75) is 24.0 Å². The van der Waals surface area contributed by atoms with E-state index in [2.05, 4.69) is 10.1 Å². The molecule has 0 saturated carbocycles. The Balaban J connectivity index is 1.90. The van der Waals surface area contributed by atoms with Crippen molar-refractivity contribution >= 4 is 15.7 Å². The van der Waals surface area contributed by atoms with Gasteiger partial charge in [-0.2, -0.15) is 8.78 Å². The van der Waals surface area contributed by atoms with Gasteiger partial charge in [0.1, 0.15) is 11.5 Å². The topological polar surface area (TPSA) is 81.7 Å². The van der Waals surface area contributed by atoms with Crippen LogP contribution < -0.4 is 14.8 Å². The number of hydrogen-bond acceptors (Lipinski definition) is 5. The molecule has 0 saturated heterocycles. The molecule has 9 heteroatoms. The van der Waals surface area contributed by atoms with Crippen LogP contribution >= 0.6 is 0 Å². The van der Waals surface area contributed by atoms with Gasteiger partial charge in [0.25, 0.3) is 5.91 Å². The van der Waals surface area contributed by atoms with Crippen LogP contribution in [0.25, 0.3) is 0 Å². The molecule has 1 heterocycles. The van der Waals surface area contributed by atoms with Crippen molar-refractivity contribution in [1.29, 1.82) is 0 Å². The maximum Gasteiger partial charge on any atom is 0.387 e. The van der Waals surface area contributed by atoms with E-state index < -0.39 is 28.4 Å². The lowest BCUT2D eigenvalue weighted by molar-refractivity contribution is -0.0502. The Morgan fingerprint density at radius 2 is 1.96 bits per heavy atom. The number of benzene rings is 2. The molecule has 1 aliphatic rings. The minimum absolute atomic E-state index is 0.0954. The predicted molar refractivity (Wildman–Crippen MR) is 92.9 cm³/mol. The average Bonchev–Trinajstić information content (AvgIpc) is 2.63. The minimum Gasteiger partial charge on any atom is -0.497 e. The largest absolute Gasteiger partial charge is 0.497 e. The third-order valence-corrected chi connectivity index (χ3v) is 6.07. The van der Waals surface area contributed by atoms with Crippen LogP contribution in [0.5, 0.6) is 11.5 Å². The molecule has 0 aromatic heterocycles. The van der Waals surface area contributed by atoms with Gasteiger partial charge in [-0.3, -0.25) is 4.79 Å². The van der Waals surface area contributed by atoms with Crippen molar-refractivity contribution < 1.29 is 31.5 Å². The molecule has 1 unspecified atom stereocenters. The third-order valence-electron chi connectivity index (χ3n) is 4.26. The van der Waals surface area contributed by atoms with E-state index in [-0.39, 0.29) is 34.1 Å². The lowest BCUT2D eigenvalue weighted by atomic mass is 10.0. The molecule has 1 amide bonds. The number of fused-ring (bicyclic) bond motifs is 1. The van der Waals surface area contributed by atoms with E-state index in [9.17, 15) is 22.0 Å². The normalized spacial score (nSPS) is 17.9. The summed E-state index contributed by atoms with van der Waals surface area (Å²) in [6.07, 6.45) is 0.187. The highest BCUT2D eigenvalue weighted by Gasteiger charge is 2.31. The number of nitrogens with one attached hydrogen (secondary N) is 1. The van der Waals surface area contributed by atoms with Gasteiger partial charge in [-0.1, -0.05) is 18.2 Å². The highest BCUT2D eigenvalue weighted by Crippen LogP contribution is 2.33. The molecule has 6 nitrogen and oxygen atoms in total. The molecule has 0 aliphatic carbocycles. The first-order chi connectivity index (χ1) is 12.8. The number of ether oxygens (including phenoxy) is 2. The fourth-order valence-corrected chi connectivity index (χ4v) is 4.61. The number of methoxy groups -OCH3 is 1. The molecule has 1 atom stereocenters. The number of sulfone groups is 1. The summed E-state index contributed by atoms with van der Waals surface area (Å²) in [5.41, 5.74) is 0.379. The van der Waals surface area contributed by atoms with E-state index in [4.69, 9.17) is 4.74 Å². The van der Waals surface area contributed by atoms with E-state index in [1.165, 1.54) is 31.4 Å². The third kappa shape index (κ3) is 4.02. The van der Waals surface area contributed by atoms with Crippen molar-refractivity contribution in [3.8, 4) is 11.5 Å². The van der Waals surface area contributed by atoms with Crippen LogP contribution in [0.1, 0.15) is 28.4 Å². The van der Waals surface area contributed by atoms with Crippen LogP contribution in [0.15, 0.2) is 47.4 Å². The first kappa shape index (κ1) is 19.1. The fraction of sp³-hybridized carbons (Fsp3) is 0.278. The Morgan fingerprint density at radius 1 is 1.22 bits per heavy atom. The first-order valence-corrected chi connectivity index (χ1v) is 9.72. The van der Waals surface area contributed by atoms with Crippen molar-refractivity contribution in [2.24, 2.45) is 0 Å². The quantitative estimate of drug-likeness (QED) is 0.839. The Kier molecular flexibility index (Phi) is 5.31. The second kappa shape index (κ2) is 7.51. The van der Waals surface area contributed by atoms with E-state index in [0.717, 1.165) is 0 Å². The van der Waals surface area contributed by atoms with Gasteiger partial charge in [0.2, 0.25) is 0 Å². The summed E-state index contributed by atoms with van der Waals surface area (Å²) in [6, 6.07) is 9.81. The van der Waals surface area contributed by atoms with Crippen LogP contribution in [-0.2, 0) is 9.84 Å². The lowest BCUT2D eigenvalue weighted by Crippen LogP contribution is -2.34. The molecule has 27 heavy (non-hydrogen) atoms. The predicted octanol–water partition coefficient (Wildman–Crippen LogP) is 2.95. The molecule has 0 bridgehead atoms. The SMILES string of the molecule is COc1ccc(C(=O)NC2CCS(=O)(=O)c3ccccc32)c(OC(F)F)c1. The van der Waals surface area contributed by atoms with Crippen LogP contribution in [0.4, 0.5) is 8.78 Å². The summed E-state index contributed by atoms with van der Waals surface area (Å²) in [5.74, 6) is -0.819. The van der Waals surface area contributed by atoms with Crippen molar-refractivity contribution in [3.05, 3.63) is 53.6 Å². The Bertz CT molecular complexity index is 962. The number of hydrogen-bond donors (Lipinski definition) is 1. The minimum atomic E-state index is -3.40. The number of carbonyl (C=O) groups excluding carboxylic acids is 1. The smallest absolute Gasteiger partial charge is 0.387 e. The first-order valence-electron chi connectivity index (χ1n) is 8.07. The van der Waals surface area contributed by atoms with Gasteiger partial charge < -0.3 is 14.8 Å². The fourth-order valence-electron chi connectivity index (χ4n) is 2.99. The summed E-state index contributed by atoms with van der Waals surface area (Å²) in [4.78, 5) is 12.8. The molecule has 144 valence electrons. The van der Waals surface area contributed by atoms with Gasteiger partial charge >= 0.3 is 6.61 Å². The Morgan fingerprint density at radius 3 is 2.67 bits per heavy atom. The van der Waals surface area contributed by atoms with Crippen molar-refractivity contribution in [1.82, 2.24) is 5.32 Å². The lowest BCUT2D eigenvalue weighted by Gasteiger charge is -2.26. The highest BCUT2D eigenvalue weighted by atomic mass is 32.2. The molecule has 2 aromatic rings. The number of rotatable bonds is 5. The average molecular weight is 397 g/mol. The maximum atomic E-state index is 12.7. The van der Waals surface area contributed by atoms with Crippen LogP contribution in [-0.4, -0.2) is 33.8 Å². The van der Waals surface area contributed by atoms with E-state index in [1.54, 1.807) is 18.2 Å². The van der Waals surface area contributed by atoms with Gasteiger partial charge in [0.15, 0.2) is 9.84 Å². The van der Waals surface area contributed by atoms with Gasteiger partial charge in [-0.25, -0.2) is 8.42 Å². The Labute approximate surface area is 155 Å². The van der Waals surface area contributed by atoms with E-state index in [1.807, 2.05) is 0 Å². The van der Waals surface area contributed by atoms with Gasteiger partial charge in [-0.05, 0) is 30.2 Å². The molecule has 3 rings (SSSR count). The Hall–Kier alpha value is -2.68. The summed E-state index contributed by atoms with van der Waals surface area (Å²) < 4.78 is 59.1. The molecule has 0 spiro atoms. The molecule has 0 fully saturated rings. The van der Waals surface area contributed by atoms with Crippen LogP contribution in [0.3, 0.4) is 0 Å². The van der Waals surface area contributed by atoms with E-state index in [0.29, 0.717) is 5.56 Å². The van der Waals surface area contributed by atoms with Crippen LogP contribution in [0, 0.1) is 0 Å². The van der Waals surface area contributed by atoms with E-state index >= 15 is 0 Å². The second-order valence-electron chi connectivity index (χ2n) is 5.91. The number of alkyl halides is 2.